The summed E-state index contributed by atoms with van der Waals surface area (Å²) in [5.41, 5.74) is 5.81. The summed E-state index contributed by atoms with van der Waals surface area (Å²) in [6, 6.07) is 1.19. The molecule has 4 heteroatoms. The van der Waals surface area contributed by atoms with Gasteiger partial charge in [-0.15, -0.1) is 0 Å². The lowest BCUT2D eigenvalue weighted by molar-refractivity contribution is 0.296. The van der Waals surface area contributed by atoms with Gasteiger partial charge in [0.15, 0.2) is 0 Å². The Kier molecular flexibility index (Phi) is 2.38. The Hall–Kier alpha value is -1.16. The zero-order valence-electron chi connectivity index (χ0n) is 5.92. The Morgan fingerprint density at radius 3 is 2.91 bits per heavy atom. The predicted molar refractivity (Wildman–Crippen MR) is 39.4 cm³/mol. The number of hydrogen-bond acceptors (Lipinski definition) is 3. The Balaban J connectivity index is 2.90. The predicted octanol–water partition coefficient (Wildman–Crippen LogP) is 0.338. The fourth-order valence-corrected chi connectivity index (χ4v) is 0.771. The molecule has 1 aromatic rings. The first-order valence-electron chi connectivity index (χ1n) is 3.25. The van der Waals surface area contributed by atoms with Crippen LogP contribution < -0.4 is 5.73 Å². The normalized spacial score (nSPS) is 10.0. The molecule has 3 nitrogen and oxygen atoms in total. The second-order valence-electron chi connectivity index (χ2n) is 2.17. The Morgan fingerprint density at radius 2 is 2.36 bits per heavy atom. The number of aliphatic hydroxyl groups excluding tert-OH is 1. The first-order valence-corrected chi connectivity index (χ1v) is 3.25. The number of hydrogen-bond donors (Lipinski definition) is 2. The van der Waals surface area contributed by atoms with E-state index >= 15 is 0 Å². The van der Waals surface area contributed by atoms with Crippen LogP contribution >= 0.6 is 0 Å². The lowest BCUT2D eigenvalue weighted by atomic mass is 10.2. The highest BCUT2D eigenvalue weighted by atomic mass is 19.1. The van der Waals surface area contributed by atoms with Crippen LogP contribution in [0, 0.1) is 5.82 Å². The van der Waals surface area contributed by atoms with Crippen molar-refractivity contribution in [2.75, 3.05) is 12.3 Å². The quantitative estimate of drug-likeness (QED) is 0.649. The molecule has 1 rings (SSSR count). The fraction of sp³-hybridized carbons (Fsp3) is 0.286. The molecule has 11 heavy (non-hydrogen) atoms. The lowest BCUT2D eigenvalue weighted by Gasteiger charge is -1.99. The number of nitrogens with zero attached hydrogens (tertiary/aromatic N) is 1. The zero-order chi connectivity index (χ0) is 8.27. The van der Waals surface area contributed by atoms with E-state index in [4.69, 9.17) is 10.8 Å². The Morgan fingerprint density at radius 1 is 1.64 bits per heavy atom. The number of halogens is 1. The lowest BCUT2D eigenvalue weighted by Crippen LogP contribution is -1.99. The van der Waals surface area contributed by atoms with E-state index in [0.717, 1.165) is 0 Å². The number of anilines is 1. The molecule has 0 aliphatic carbocycles. The van der Waals surface area contributed by atoms with Crippen molar-refractivity contribution in [2.45, 2.75) is 6.42 Å². The van der Waals surface area contributed by atoms with Crippen LogP contribution in [0.25, 0.3) is 0 Å². The van der Waals surface area contributed by atoms with Gasteiger partial charge in [0.2, 0.25) is 0 Å². The van der Waals surface area contributed by atoms with Gasteiger partial charge in [0.25, 0.3) is 0 Å². The van der Waals surface area contributed by atoms with Crippen molar-refractivity contribution in [3.63, 3.8) is 0 Å². The van der Waals surface area contributed by atoms with Crippen LogP contribution in [0.15, 0.2) is 12.3 Å². The molecule has 0 spiro atoms. The largest absolute Gasteiger partial charge is 0.397 e. The third-order valence-corrected chi connectivity index (χ3v) is 1.29. The van der Waals surface area contributed by atoms with Crippen molar-refractivity contribution in [3.05, 3.63) is 23.8 Å². The van der Waals surface area contributed by atoms with Crippen molar-refractivity contribution < 1.29 is 9.50 Å². The van der Waals surface area contributed by atoms with Crippen molar-refractivity contribution in [2.24, 2.45) is 0 Å². The van der Waals surface area contributed by atoms with Gasteiger partial charge in [-0.25, -0.2) is 4.39 Å². The first kappa shape index (κ1) is 7.94. The summed E-state index contributed by atoms with van der Waals surface area (Å²) in [5, 5.41) is 8.48. The van der Waals surface area contributed by atoms with E-state index < -0.39 is 5.82 Å². The summed E-state index contributed by atoms with van der Waals surface area (Å²) in [6.07, 6.45) is 1.60. The molecule has 0 aliphatic rings. The molecule has 0 atom stereocenters. The molecule has 1 heterocycles. The summed E-state index contributed by atoms with van der Waals surface area (Å²) in [4.78, 5) is 3.71. The molecule has 0 saturated heterocycles. The second kappa shape index (κ2) is 3.30. The molecule has 0 fully saturated rings. The first-order chi connectivity index (χ1) is 5.24. The molecule has 60 valence electrons. The highest BCUT2D eigenvalue weighted by Gasteiger charge is 2.01. The number of rotatable bonds is 2. The van der Waals surface area contributed by atoms with Crippen LogP contribution in [0.4, 0.5) is 10.1 Å². The summed E-state index contributed by atoms with van der Waals surface area (Å²) in [6.45, 7) is -0.103. The molecule has 0 amide bonds. The molecular formula is C7H9FN2O. The maximum atomic E-state index is 12.8. The molecule has 1 aromatic heterocycles. The van der Waals surface area contributed by atoms with Crippen molar-refractivity contribution >= 4 is 5.69 Å². The van der Waals surface area contributed by atoms with Gasteiger partial charge in [-0.05, 0) is 0 Å². The maximum Gasteiger partial charge on any atom is 0.146 e. The number of nitrogen functional groups attached to an aromatic ring is 1. The molecule has 0 bridgehead atoms. The molecule has 0 unspecified atom stereocenters. The third kappa shape index (κ3) is 1.88. The van der Waals surface area contributed by atoms with Crippen molar-refractivity contribution in [3.8, 4) is 0 Å². The average Bonchev–Trinajstić information content (AvgIpc) is 1.95. The topological polar surface area (TPSA) is 59.1 Å². The van der Waals surface area contributed by atoms with Crippen LogP contribution in [-0.2, 0) is 6.42 Å². The molecule has 0 radical (unpaired) electrons. The van der Waals surface area contributed by atoms with Crippen LogP contribution in [-0.4, -0.2) is 16.7 Å². The summed E-state index contributed by atoms with van der Waals surface area (Å²) in [5.74, 6) is -0.459. The number of nitrogens with two attached hydrogens (primary N) is 1. The van der Waals surface area contributed by atoms with E-state index in [1.165, 1.54) is 12.3 Å². The minimum atomic E-state index is -0.459. The van der Waals surface area contributed by atoms with Gasteiger partial charge in [-0.1, -0.05) is 0 Å². The SMILES string of the molecule is Nc1cnc(CCO)c(F)c1. The van der Waals surface area contributed by atoms with Crippen molar-refractivity contribution in [1.82, 2.24) is 4.98 Å². The molecule has 3 N–H and O–H groups in total. The standard InChI is InChI=1S/C7H9FN2O/c8-6-3-5(9)4-10-7(6)1-2-11/h3-4,11H,1-2,9H2. The Bertz CT molecular complexity index is 252. The molecule has 0 aromatic carbocycles. The van der Waals surface area contributed by atoms with Crippen LogP contribution in [0.5, 0.6) is 0 Å². The molecule has 0 aliphatic heterocycles. The number of aliphatic hydroxyl groups is 1. The zero-order valence-corrected chi connectivity index (χ0v) is 5.92. The van der Waals surface area contributed by atoms with Gasteiger partial charge in [0.05, 0.1) is 17.6 Å². The minimum Gasteiger partial charge on any atom is -0.397 e. The maximum absolute atomic E-state index is 12.8. The highest BCUT2D eigenvalue weighted by Crippen LogP contribution is 2.07. The van der Waals surface area contributed by atoms with Gasteiger partial charge in [-0.3, -0.25) is 4.98 Å². The fourth-order valence-electron chi connectivity index (χ4n) is 0.771. The summed E-state index contributed by atoms with van der Waals surface area (Å²) < 4.78 is 12.8. The summed E-state index contributed by atoms with van der Waals surface area (Å²) >= 11 is 0. The van der Waals surface area contributed by atoms with Gasteiger partial charge >= 0.3 is 0 Å². The van der Waals surface area contributed by atoms with E-state index in [0.29, 0.717) is 5.69 Å². The van der Waals surface area contributed by atoms with Gasteiger partial charge in [-0.2, -0.15) is 0 Å². The van der Waals surface area contributed by atoms with E-state index in [1.807, 2.05) is 0 Å². The van der Waals surface area contributed by atoms with E-state index in [2.05, 4.69) is 4.98 Å². The minimum absolute atomic E-state index is 0.103. The Labute approximate surface area is 63.7 Å². The van der Waals surface area contributed by atoms with E-state index in [9.17, 15) is 4.39 Å². The molecule has 0 saturated carbocycles. The number of aromatic nitrogens is 1. The van der Waals surface area contributed by atoms with Crippen LogP contribution in [0.3, 0.4) is 0 Å². The smallest absolute Gasteiger partial charge is 0.146 e. The van der Waals surface area contributed by atoms with Crippen LogP contribution in [0.2, 0.25) is 0 Å². The highest BCUT2D eigenvalue weighted by molar-refractivity contribution is 5.35. The van der Waals surface area contributed by atoms with E-state index in [-0.39, 0.29) is 18.7 Å². The van der Waals surface area contributed by atoms with Gasteiger partial charge in [0, 0.05) is 19.1 Å². The van der Waals surface area contributed by atoms with Gasteiger partial charge in [0.1, 0.15) is 5.82 Å². The van der Waals surface area contributed by atoms with Crippen LogP contribution in [0.1, 0.15) is 5.69 Å². The summed E-state index contributed by atoms with van der Waals surface area (Å²) in [7, 11) is 0. The van der Waals surface area contributed by atoms with Crippen molar-refractivity contribution in [1.29, 1.82) is 0 Å². The van der Waals surface area contributed by atoms with E-state index in [1.54, 1.807) is 0 Å². The number of pyridine rings is 1. The second-order valence-corrected chi connectivity index (χ2v) is 2.17. The van der Waals surface area contributed by atoms with Gasteiger partial charge < -0.3 is 10.8 Å². The average molecular weight is 156 g/mol. The third-order valence-electron chi connectivity index (χ3n) is 1.29. The molecular weight excluding hydrogens is 147 g/mol. The monoisotopic (exact) mass is 156 g/mol.